The maximum atomic E-state index is 2.16. The van der Waals surface area contributed by atoms with Crippen molar-refractivity contribution in [3.05, 3.63) is 54.0 Å². The molecule has 0 heteroatoms. The molecule has 0 nitrogen and oxygen atoms in total. The summed E-state index contributed by atoms with van der Waals surface area (Å²) >= 11 is 0. The first-order valence-corrected chi connectivity index (χ1v) is 3.53. The molecular weight excluding hydrogens is 120 g/mol. The lowest BCUT2D eigenvalue weighted by Crippen LogP contribution is -1.79. The van der Waals surface area contributed by atoms with Crippen LogP contribution in [-0.2, 0) is 6.42 Å². The van der Waals surface area contributed by atoms with E-state index in [1.54, 1.807) is 0 Å². The summed E-state index contributed by atoms with van der Waals surface area (Å²) < 4.78 is 0. The maximum absolute atomic E-state index is 2.16. The molecular formula is C10H9. The number of hydrogen-bond donors (Lipinski definition) is 0. The van der Waals surface area contributed by atoms with Crippen LogP contribution in [0.15, 0.2) is 42.0 Å². The first kappa shape index (κ1) is 5.72. The van der Waals surface area contributed by atoms with Crippen LogP contribution in [0.5, 0.6) is 0 Å². The van der Waals surface area contributed by atoms with E-state index in [1.165, 1.54) is 11.1 Å². The summed E-state index contributed by atoms with van der Waals surface area (Å²) in [4.78, 5) is 0. The van der Waals surface area contributed by atoms with E-state index in [2.05, 4.69) is 42.8 Å². The second-order valence-electron chi connectivity index (χ2n) is 2.57. The van der Waals surface area contributed by atoms with Crippen molar-refractivity contribution in [3.63, 3.8) is 0 Å². The Morgan fingerprint density at radius 1 is 1.00 bits per heavy atom. The van der Waals surface area contributed by atoms with Crippen LogP contribution in [0.1, 0.15) is 5.56 Å². The van der Waals surface area contributed by atoms with Gasteiger partial charge in [-0.1, -0.05) is 42.0 Å². The van der Waals surface area contributed by atoms with Gasteiger partial charge in [-0.15, -0.1) is 0 Å². The van der Waals surface area contributed by atoms with Crippen LogP contribution in [0.25, 0.3) is 0 Å². The molecule has 0 atom stereocenters. The second-order valence-corrected chi connectivity index (χ2v) is 2.57. The maximum Gasteiger partial charge on any atom is 0.00838 e. The van der Waals surface area contributed by atoms with E-state index in [9.17, 15) is 0 Å². The van der Waals surface area contributed by atoms with Gasteiger partial charge in [-0.3, -0.25) is 0 Å². The Kier molecular flexibility index (Phi) is 1.31. The standard InChI is InChI=1S/C10H9/c1-2-4-9(5-3-1)8-10-6-7-10/h1-7H,8H2. The highest BCUT2D eigenvalue weighted by molar-refractivity contribution is 5.42. The molecule has 0 fully saturated rings. The van der Waals surface area contributed by atoms with Gasteiger partial charge >= 0.3 is 0 Å². The van der Waals surface area contributed by atoms with Gasteiger partial charge in [-0.05, 0) is 12.0 Å². The number of allylic oxidation sites excluding steroid dienone is 2. The van der Waals surface area contributed by atoms with E-state index in [0.717, 1.165) is 6.42 Å². The van der Waals surface area contributed by atoms with Crippen LogP contribution in [-0.4, -0.2) is 0 Å². The predicted octanol–water partition coefficient (Wildman–Crippen LogP) is 2.37. The Balaban J connectivity index is 2.11. The van der Waals surface area contributed by atoms with Gasteiger partial charge in [0.05, 0.1) is 0 Å². The molecule has 49 valence electrons. The lowest BCUT2D eigenvalue weighted by Gasteiger charge is -1.93. The molecule has 0 bridgehead atoms. The van der Waals surface area contributed by atoms with E-state index < -0.39 is 0 Å². The summed E-state index contributed by atoms with van der Waals surface area (Å²) in [6, 6.07) is 10.5. The van der Waals surface area contributed by atoms with Gasteiger partial charge in [0, 0.05) is 6.42 Å². The molecule has 1 aliphatic carbocycles. The molecule has 10 heavy (non-hydrogen) atoms. The highest BCUT2D eigenvalue weighted by Crippen LogP contribution is 2.21. The Labute approximate surface area is 61.2 Å². The third-order valence-corrected chi connectivity index (χ3v) is 1.65. The largest absolute Gasteiger partial charge is 0.0763 e. The molecule has 0 saturated carbocycles. The molecule has 1 aromatic rings. The highest BCUT2D eigenvalue weighted by Gasteiger charge is 2.06. The first-order valence-electron chi connectivity index (χ1n) is 3.53. The van der Waals surface area contributed by atoms with E-state index in [1.807, 2.05) is 0 Å². The predicted molar refractivity (Wildman–Crippen MR) is 42.5 cm³/mol. The molecule has 0 N–H and O–H groups in total. The zero-order chi connectivity index (χ0) is 6.81. The Bertz CT molecular complexity index is 244. The van der Waals surface area contributed by atoms with Crippen LogP contribution in [0.4, 0.5) is 0 Å². The van der Waals surface area contributed by atoms with Gasteiger partial charge < -0.3 is 0 Å². The van der Waals surface area contributed by atoms with Gasteiger partial charge in [0.2, 0.25) is 0 Å². The molecule has 1 aromatic carbocycles. The summed E-state index contributed by atoms with van der Waals surface area (Å²) in [6.45, 7) is 0. The molecule has 0 aliphatic heterocycles. The monoisotopic (exact) mass is 129 g/mol. The van der Waals surface area contributed by atoms with Crippen LogP contribution >= 0.6 is 0 Å². The highest BCUT2D eigenvalue weighted by atomic mass is 14.1. The fourth-order valence-electron chi connectivity index (χ4n) is 1.01. The summed E-state index contributed by atoms with van der Waals surface area (Å²) in [5.74, 6) is 0. The summed E-state index contributed by atoms with van der Waals surface area (Å²) in [7, 11) is 0. The van der Waals surface area contributed by atoms with Crippen molar-refractivity contribution in [1.82, 2.24) is 0 Å². The lowest BCUT2D eigenvalue weighted by molar-refractivity contribution is 1.24. The van der Waals surface area contributed by atoms with Crippen molar-refractivity contribution in [1.29, 1.82) is 0 Å². The zero-order valence-corrected chi connectivity index (χ0v) is 5.75. The Morgan fingerprint density at radius 3 is 2.30 bits per heavy atom. The summed E-state index contributed by atoms with van der Waals surface area (Å²) in [5, 5.41) is 0. The second kappa shape index (κ2) is 2.30. The third-order valence-electron chi connectivity index (χ3n) is 1.65. The molecule has 0 heterocycles. The average molecular weight is 129 g/mol. The van der Waals surface area contributed by atoms with E-state index in [-0.39, 0.29) is 0 Å². The third kappa shape index (κ3) is 1.27. The molecule has 0 aromatic heterocycles. The van der Waals surface area contributed by atoms with Gasteiger partial charge in [0.1, 0.15) is 0 Å². The minimum atomic E-state index is 1.11. The Hall–Kier alpha value is -1.04. The van der Waals surface area contributed by atoms with Crippen molar-refractivity contribution in [2.75, 3.05) is 0 Å². The van der Waals surface area contributed by atoms with Crippen LogP contribution in [0, 0.1) is 6.42 Å². The van der Waals surface area contributed by atoms with Gasteiger partial charge in [0.15, 0.2) is 0 Å². The normalized spacial score (nSPS) is 14.6. The number of hydrogen-bond acceptors (Lipinski definition) is 0. The van der Waals surface area contributed by atoms with Gasteiger partial charge in [-0.2, -0.15) is 0 Å². The molecule has 0 saturated heterocycles. The fraction of sp³-hybridized carbons (Fsp3) is 0.100. The van der Waals surface area contributed by atoms with Crippen LogP contribution < -0.4 is 0 Å². The number of benzene rings is 1. The van der Waals surface area contributed by atoms with Crippen molar-refractivity contribution in [2.45, 2.75) is 6.42 Å². The van der Waals surface area contributed by atoms with Crippen molar-refractivity contribution in [2.24, 2.45) is 0 Å². The van der Waals surface area contributed by atoms with E-state index in [0.29, 0.717) is 0 Å². The smallest absolute Gasteiger partial charge is 0.00838 e. The van der Waals surface area contributed by atoms with Crippen LogP contribution in [0.3, 0.4) is 0 Å². The fourth-order valence-corrected chi connectivity index (χ4v) is 1.01. The number of rotatable bonds is 2. The minimum absolute atomic E-state index is 1.11. The Morgan fingerprint density at radius 2 is 1.70 bits per heavy atom. The van der Waals surface area contributed by atoms with Crippen LogP contribution in [0.2, 0.25) is 0 Å². The average Bonchev–Trinajstić information content (AvgIpc) is 2.74. The van der Waals surface area contributed by atoms with Crippen molar-refractivity contribution >= 4 is 0 Å². The topological polar surface area (TPSA) is 0 Å². The lowest BCUT2D eigenvalue weighted by atomic mass is 10.1. The molecule has 0 amide bonds. The minimum Gasteiger partial charge on any atom is -0.0763 e. The molecule has 0 spiro atoms. The molecule has 2 rings (SSSR count). The summed E-state index contributed by atoms with van der Waals surface area (Å²) in [5.41, 5.74) is 2.87. The molecule has 0 unspecified atom stereocenters. The quantitative estimate of drug-likeness (QED) is 0.575. The van der Waals surface area contributed by atoms with E-state index >= 15 is 0 Å². The van der Waals surface area contributed by atoms with Gasteiger partial charge in [0.25, 0.3) is 0 Å². The van der Waals surface area contributed by atoms with Crippen molar-refractivity contribution in [3.8, 4) is 0 Å². The van der Waals surface area contributed by atoms with Crippen molar-refractivity contribution < 1.29 is 0 Å². The SMILES string of the molecule is [CH]1C=C1Cc1ccccc1. The van der Waals surface area contributed by atoms with E-state index in [4.69, 9.17) is 0 Å². The molecule has 1 radical (unpaired) electrons. The van der Waals surface area contributed by atoms with Gasteiger partial charge in [-0.25, -0.2) is 0 Å². The summed E-state index contributed by atoms with van der Waals surface area (Å²) in [6.07, 6.45) is 5.43. The zero-order valence-electron chi connectivity index (χ0n) is 5.75. The molecule has 1 aliphatic rings. The first-order chi connectivity index (χ1) is 4.95.